The molecule has 1 amide bonds. The Bertz CT molecular complexity index is 1160. The van der Waals surface area contributed by atoms with Crippen molar-refractivity contribution in [3.05, 3.63) is 78.1 Å². The van der Waals surface area contributed by atoms with E-state index in [4.69, 9.17) is 0 Å². The third-order valence-corrected chi connectivity index (χ3v) is 5.09. The SMILES string of the molecule is O=C(Nc1cccnc1)c1cccc2sc(-c3cccc(C(F)(F)F)c3)nc12. The fraction of sp³-hybridized carbons (Fsp3) is 0.0500. The molecule has 2 aromatic carbocycles. The van der Waals surface area contributed by atoms with Gasteiger partial charge >= 0.3 is 6.18 Å². The first-order chi connectivity index (χ1) is 13.4. The van der Waals surface area contributed by atoms with Gasteiger partial charge in [-0.3, -0.25) is 9.78 Å². The lowest BCUT2D eigenvalue weighted by atomic mass is 10.1. The van der Waals surface area contributed by atoms with Crippen molar-refractivity contribution in [3.8, 4) is 10.6 Å². The van der Waals surface area contributed by atoms with Gasteiger partial charge in [-0.05, 0) is 36.4 Å². The zero-order chi connectivity index (χ0) is 19.7. The number of nitrogens with one attached hydrogen (secondary N) is 1. The Labute approximate surface area is 161 Å². The van der Waals surface area contributed by atoms with Crippen LogP contribution in [0, 0.1) is 0 Å². The third kappa shape index (κ3) is 3.59. The van der Waals surface area contributed by atoms with Crippen LogP contribution in [0.2, 0.25) is 0 Å². The van der Waals surface area contributed by atoms with Gasteiger partial charge in [0.2, 0.25) is 0 Å². The molecule has 2 aromatic heterocycles. The van der Waals surface area contributed by atoms with Gasteiger partial charge in [0.15, 0.2) is 0 Å². The monoisotopic (exact) mass is 399 g/mol. The number of benzene rings is 2. The second-order valence-corrected chi connectivity index (χ2v) is 6.98. The molecule has 0 spiro atoms. The van der Waals surface area contributed by atoms with Crippen LogP contribution in [-0.4, -0.2) is 15.9 Å². The van der Waals surface area contributed by atoms with Crippen LogP contribution in [0.15, 0.2) is 67.0 Å². The minimum Gasteiger partial charge on any atom is -0.321 e. The summed E-state index contributed by atoms with van der Waals surface area (Å²) in [6.07, 6.45) is -1.31. The molecule has 0 bridgehead atoms. The van der Waals surface area contributed by atoms with Gasteiger partial charge in [0.25, 0.3) is 5.91 Å². The number of anilines is 1. The molecular weight excluding hydrogens is 387 g/mol. The lowest BCUT2D eigenvalue weighted by molar-refractivity contribution is -0.137. The first-order valence-corrected chi connectivity index (χ1v) is 9.02. The molecule has 0 aliphatic heterocycles. The smallest absolute Gasteiger partial charge is 0.321 e. The molecule has 2 heterocycles. The van der Waals surface area contributed by atoms with Gasteiger partial charge < -0.3 is 5.32 Å². The van der Waals surface area contributed by atoms with Gasteiger partial charge in [0.05, 0.1) is 33.2 Å². The Morgan fingerprint density at radius 3 is 2.61 bits per heavy atom. The van der Waals surface area contributed by atoms with Crippen LogP contribution < -0.4 is 5.32 Å². The summed E-state index contributed by atoms with van der Waals surface area (Å²) in [4.78, 5) is 21.0. The molecule has 28 heavy (non-hydrogen) atoms. The number of fused-ring (bicyclic) bond motifs is 1. The first kappa shape index (κ1) is 18.1. The number of hydrogen-bond donors (Lipinski definition) is 1. The van der Waals surface area contributed by atoms with Crippen molar-refractivity contribution in [2.75, 3.05) is 5.32 Å². The summed E-state index contributed by atoms with van der Waals surface area (Å²) in [6, 6.07) is 13.5. The van der Waals surface area contributed by atoms with Crippen molar-refractivity contribution in [3.63, 3.8) is 0 Å². The maximum absolute atomic E-state index is 13.0. The highest BCUT2D eigenvalue weighted by molar-refractivity contribution is 7.21. The van der Waals surface area contributed by atoms with Gasteiger partial charge in [-0.25, -0.2) is 4.98 Å². The van der Waals surface area contributed by atoms with E-state index >= 15 is 0 Å². The lowest BCUT2D eigenvalue weighted by Crippen LogP contribution is -2.12. The van der Waals surface area contributed by atoms with Crippen LogP contribution in [0.5, 0.6) is 0 Å². The molecule has 4 nitrogen and oxygen atoms in total. The minimum absolute atomic E-state index is 0.343. The predicted octanol–water partition coefficient (Wildman–Crippen LogP) is 5.63. The van der Waals surface area contributed by atoms with Gasteiger partial charge in [-0.1, -0.05) is 18.2 Å². The molecule has 0 saturated heterocycles. The Morgan fingerprint density at radius 1 is 1.04 bits per heavy atom. The van der Waals surface area contributed by atoms with E-state index in [9.17, 15) is 18.0 Å². The second-order valence-electron chi connectivity index (χ2n) is 5.95. The molecular formula is C20H12F3N3OS. The van der Waals surface area contributed by atoms with Crippen LogP contribution in [0.25, 0.3) is 20.8 Å². The largest absolute Gasteiger partial charge is 0.416 e. The molecule has 0 saturated carbocycles. The number of nitrogens with zero attached hydrogens (tertiary/aromatic N) is 2. The Morgan fingerprint density at radius 2 is 1.86 bits per heavy atom. The van der Waals surface area contributed by atoms with Crippen molar-refractivity contribution in [1.82, 2.24) is 9.97 Å². The number of carbonyl (C=O) groups excluding carboxylic acids is 1. The summed E-state index contributed by atoms with van der Waals surface area (Å²) in [5.74, 6) is -0.362. The number of thiazole rings is 1. The highest BCUT2D eigenvalue weighted by Gasteiger charge is 2.30. The Kier molecular flexibility index (Phi) is 4.56. The summed E-state index contributed by atoms with van der Waals surface area (Å²) in [7, 11) is 0. The van der Waals surface area contributed by atoms with E-state index < -0.39 is 11.7 Å². The number of carbonyl (C=O) groups is 1. The van der Waals surface area contributed by atoms with Crippen molar-refractivity contribution < 1.29 is 18.0 Å². The summed E-state index contributed by atoms with van der Waals surface area (Å²) in [6.45, 7) is 0. The molecule has 8 heteroatoms. The highest BCUT2D eigenvalue weighted by atomic mass is 32.1. The number of halogens is 3. The topological polar surface area (TPSA) is 54.9 Å². The maximum atomic E-state index is 13.0. The molecule has 1 N–H and O–H groups in total. The van der Waals surface area contributed by atoms with Gasteiger partial charge in [-0.15, -0.1) is 11.3 Å². The van der Waals surface area contributed by atoms with Gasteiger partial charge in [-0.2, -0.15) is 13.2 Å². The van der Waals surface area contributed by atoms with Crippen LogP contribution in [-0.2, 0) is 6.18 Å². The lowest BCUT2D eigenvalue weighted by Gasteiger charge is -2.07. The summed E-state index contributed by atoms with van der Waals surface area (Å²) in [5, 5.41) is 3.16. The fourth-order valence-corrected chi connectivity index (χ4v) is 3.71. The predicted molar refractivity (Wildman–Crippen MR) is 102 cm³/mol. The molecule has 0 aliphatic carbocycles. The molecule has 0 unspecified atom stereocenters. The van der Waals surface area contributed by atoms with Crippen LogP contribution in [0.1, 0.15) is 15.9 Å². The molecule has 140 valence electrons. The van der Waals surface area contributed by atoms with E-state index in [1.807, 2.05) is 0 Å². The zero-order valence-corrected chi connectivity index (χ0v) is 15.0. The number of rotatable bonds is 3. The first-order valence-electron chi connectivity index (χ1n) is 8.20. The molecule has 0 aliphatic rings. The fourth-order valence-electron chi connectivity index (χ4n) is 2.72. The summed E-state index contributed by atoms with van der Waals surface area (Å²) >= 11 is 1.24. The zero-order valence-electron chi connectivity index (χ0n) is 14.2. The minimum atomic E-state index is -4.43. The number of amides is 1. The van der Waals surface area contributed by atoms with Gasteiger partial charge in [0, 0.05) is 11.8 Å². The number of para-hydroxylation sites is 1. The molecule has 0 atom stereocenters. The maximum Gasteiger partial charge on any atom is 0.416 e. The highest BCUT2D eigenvalue weighted by Crippen LogP contribution is 2.35. The van der Waals surface area contributed by atoms with E-state index in [1.165, 1.54) is 23.6 Å². The van der Waals surface area contributed by atoms with E-state index in [0.29, 0.717) is 32.0 Å². The van der Waals surface area contributed by atoms with Crippen molar-refractivity contribution >= 4 is 33.1 Å². The van der Waals surface area contributed by atoms with Crippen molar-refractivity contribution in [2.45, 2.75) is 6.18 Å². The summed E-state index contributed by atoms with van der Waals surface area (Å²) < 4.78 is 39.7. The van der Waals surface area contributed by atoms with Crippen LogP contribution in [0.3, 0.4) is 0 Å². The summed E-state index contributed by atoms with van der Waals surface area (Å²) in [5.41, 5.74) is 0.948. The van der Waals surface area contributed by atoms with E-state index in [-0.39, 0.29) is 5.91 Å². The molecule has 0 fully saturated rings. The van der Waals surface area contributed by atoms with Gasteiger partial charge in [0.1, 0.15) is 5.01 Å². The molecule has 4 aromatic rings. The average Bonchev–Trinajstić information content (AvgIpc) is 3.12. The number of hydrogen-bond acceptors (Lipinski definition) is 4. The molecule has 4 rings (SSSR count). The van der Waals surface area contributed by atoms with E-state index in [1.54, 1.807) is 42.6 Å². The Hall–Kier alpha value is -3.26. The van der Waals surface area contributed by atoms with Crippen LogP contribution >= 0.6 is 11.3 Å². The molecule has 0 radical (unpaired) electrons. The van der Waals surface area contributed by atoms with E-state index in [0.717, 1.165) is 12.1 Å². The number of alkyl halides is 3. The normalized spacial score (nSPS) is 11.5. The van der Waals surface area contributed by atoms with Crippen molar-refractivity contribution in [1.29, 1.82) is 0 Å². The number of aromatic nitrogens is 2. The van der Waals surface area contributed by atoms with Crippen LogP contribution in [0.4, 0.5) is 18.9 Å². The average molecular weight is 399 g/mol. The standard InChI is InChI=1S/C20H12F3N3OS/c21-20(22,23)13-5-1-4-12(10-13)19-26-17-15(7-2-8-16(17)28-19)18(27)25-14-6-3-9-24-11-14/h1-11H,(H,25,27). The second kappa shape index (κ2) is 7.05. The number of pyridine rings is 1. The Balaban J connectivity index is 1.73. The van der Waals surface area contributed by atoms with Crippen molar-refractivity contribution in [2.24, 2.45) is 0 Å². The third-order valence-electron chi connectivity index (χ3n) is 4.02. The van der Waals surface area contributed by atoms with E-state index in [2.05, 4.69) is 15.3 Å². The quantitative estimate of drug-likeness (QED) is 0.486.